The number of ether oxygens (including phenoxy) is 3. The Labute approximate surface area is 183 Å². The Balaban J connectivity index is 1.38. The first-order valence-corrected chi connectivity index (χ1v) is 10.8. The van der Waals surface area contributed by atoms with E-state index in [1.165, 1.54) is 12.8 Å². The van der Waals surface area contributed by atoms with Gasteiger partial charge in [-0.1, -0.05) is 19.8 Å². The summed E-state index contributed by atoms with van der Waals surface area (Å²) in [7, 11) is 0. The van der Waals surface area contributed by atoms with Crippen LogP contribution in [0, 0.1) is 46.8 Å². The molecule has 1 saturated carbocycles. The topological polar surface area (TPSA) is 27.7 Å². The Kier molecular flexibility index (Phi) is 7.00. The summed E-state index contributed by atoms with van der Waals surface area (Å²) in [5.74, 6) is -5.59. The monoisotopic (exact) mass is 456 g/mol. The first-order valence-electron chi connectivity index (χ1n) is 10.8. The van der Waals surface area contributed by atoms with Gasteiger partial charge in [-0.3, -0.25) is 0 Å². The Bertz CT molecular complexity index is 905. The molecule has 1 heterocycles. The molecule has 0 atom stereocenters. The third-order valence-electron chi connectivity index (χ3n) is 6.37. The molecule has 32 heavy (non-hydrogen) atoms. The molecule has 2 aromatic rings. The van der Waals surface area contributed by atoms with Crippen molar-refractivity contribution >= 4 is 0 Å². The van der Waals surface area contributed by atoms with E-state index in [9.17, 15) is 22.0 Å². The molecule has 174 valence electrons. The van der Waals surface area contributed by atoms with Gasteiger partial charge in [-0.2, -0.15) is 0 Å². The number of rotatable bonds is 5. The van der Waals surface area contributed by atoms with E-state index in [2.05, 4.69) is 6.92 Å². The van der Waals surface area contributed by atoms with Gasteiger partial charge in [0, 0.05) is 11.5 Å². The Morgan fingerprint density at radius 2 is 1.34 bits per heavy atom. The zero-order valence-electron chi connectivity index (χ0n) is 17.7. The van der Waals surface area contributed by atoms with Crippen LogP contribution in [0.3, 0.4) is 0 Å². The Morgan fingerprint density at radius 3 is 1.91 bits per heavy atom. The molecule has 0 N–H and O–H groups in total. The van der Waals surface area contributed by atoms with E-state index < -0.39 is 47.7 Å². The molecular formula is C24H25F5O3. The van der Waals surface area contributed by atoms with Crippen LogP contribution in [0.2, 0.25) is 0 Å². The highest BCUT2D eigenvalue weighted by molar-refractivity contribution is 5.32. The molecule has 0 radical (unpaired) electrons. The SMILES string of the molecule is CC1CCC(C2COC(c3cc(F)c(OCc4cc(F)c(F)c(F)c4)c(F)c3)OC2)CC1. The van der Waals surface area contributed by atoms with Crippen molar-refractivity contribution in [2.75, 3.05) is 13.2 Å². The molecule has 0 aromatic heterocycles. The third kappa shape index (κ3) is 5.07. The second-order valence-corrected chi connectivity index (χ2v) is 8.75. The number of halogens is 5. The average molecular weight is 456 g/mol. The molecule has 1 saturated heterocycles. The summed E-state index contributed by atoms with van der Waals surface area (Å²) in [4.78, 5) is 0. The van der Waals surface area contributed by atoms with E-state index in [0.29, 0.717) is 31.3 Å². The Hall–Kier alpha value is -2.19. The molecule has 2 fully saturated rings. The third-order valence-corrected chi connectivity index (χ3v) is 6.37. The largest absolute Gasteiger partial charge is 0.483 e. The molecule has 0 amide bonds. The van der Waals surface area contributed by atoms with Crippen LogP contribution < -0.4 is 4.74 Å². The van der Waals surface area contributed by atoms with E-state index in [1.54, 1.807) is 0 Å². The van der Waals surface area contributed by atoms with Gasteiger partial charge < -0.3 is 14.2 Å². The number of hydrogen-bond acceptors (Lipinski definition) is 3. The molecule has 2 aromatic carbocycles. The highest BCUT2D eigenvalue weighted by atomic mass is 19.2. The maximum absolute atomic E-state index is 14.5. The van der Waals surface area contributed by atoms with Gasteiger partial charge in [-0.05, 0) is 54.5 Å². The smallest absolute Gasteiger partial charge is 0.194 e. The first-order chi connectivity index (χ1) is 15.3. The lowest BCUT2D eigenvalue weighted by Crippen LogP contribution is -2.34. The minimum atomic E-state index is -1.62. The van der Waals surface area contributed by atoms with Gasteiger partial charge in [0.25, 0.3) is 0 Å². The van der Waals surface area contributed by atoms with E-state index in [0.717, 1.165) is 30.9 Å². The normalized spacial score (nSPS) is 26.2. The minimum absolute atomic E-state index is 0.105. The molecule has 1 aliphatic heterocycles. The van der Waals surface area contributed by atoms with Crippen molar-refractivity contribution in [2.24, 2.45) is 17.8 Å². The van der Waals surface area contributed by atoms with Crippen molar-refractivity contribution in [3.63, 3.8) is 0 Å². The molecule has 0 bridgehead atoms. The zero-order valence-corrected chi connectivity index (χ0v) is 17.7. The van der Waals surface area contributed by atoms with E-state index in [-0.39, 0.29) is 17.0 Å². The van der Waals surface area contributed by atoms with Gasteiger partial charge in [0.05, 0.1) is 13.2 Å². The quantitative estimate of drug-likeness (QED) is 0.382. The predicted octanol–water partition coefficient (Wildman–Crippen LogP) is 6.45. The second kappa shape index (κ2) is 9.75. The van der Waals surface area contributed by atoms with Crippen LogP contribution in [0.4, 0.5) is 22.0 Å². The van der Waals surface area contributed by atoms with Crippen molar-refractivity contribution in [3.8, 4) is 5.75 Å². The van der Waals surface area contributed by atoms with Crippen molar-refractivity contribution < 1.29 is 36.2 Å². The molecular weight excluding hydrogens is 431 g/mol. The van der Waals surface area contributed by atoms with Crippen LogP contribution in [0.1, 0.15) is 50.0 Å². The number of hydrogen-bond donors (Lipinski definition) is 0. The van der Waals surface area contributed by atoms with Crippen molar-refractivity contribution in [1.29, 1.82) is 0 Å². The molecule has 2 aliphatic rings. The van der Waals surface area contributed by atoms with Crippen LogP contribution in [0.15, 0.2) is 24.3 Å². The fraction of sp³-hybridized carbons (Fsp3) is 0.500. The average Bonchev–Trinajstić information content (AvgIpc) is 2.77. The minimum Gasteiger partial charge on any atom is -0.483 e. The molecule has 4 rings (SSSR count). The zero-order chi connectivity index (χ0) is 22.8. The number of benzene rings is 2. The van der Waals surface area contributed by atoms with E-state index in [4.69, 9.17) is 14.2 Å². The summed E-state index contributed by atoms with van der Waals surface area (Å²) in [6.45, 7) is 2.64. The lowest BCUT2D eigenvalue weighted by molar-refractivity contribution is -0.214. The van der Waals surface area contributed by atoms with E-state index >= 15 is 0 Å². The summed E-state index contributed by atoms with van der Waals surface area (Å²) < 4.78 is 85.2. The summed E-state index contributed by atoms with van der Waals surface area (Å²) in [6, 6.07) is 3.51. The first kappa shape index (κ1) is 23.0. The summed E-state index contributed by atoms with van der Waals surface area (Å²) in [5.41, 5.74) is 0.0771. The van der Waals surface area contributed by atoms with Crippen molar-refractivity contribution in [2.45, 2.75) is 45.5 Å². The lowest BCUT2D eigenvalue weighted by atomic mass is 9.76. The van der Waals surface area contributed by atoms with Crippen LogP contribution in [-0.4, -0.2) is 13.2 Å². The molecule has 1 aliphatic carbocycles. The Morgan fingerprint density at radius 1 is 0.781 bits per heavy atom. The fourth-order valence-corrected chi connectivity index (χ4v) is 4.44. The predicted molar refractivity (Wildman–Crippen MR) is 106 cm³/mol. The van der Waals surface area contributed by atoms with Gasteiger partial charge in [0.15, 0.2) is 41.1 Å². The standard InChI is InChI=1S/C24H25F5O3/c1-13-2-4-15(5-3-13)17-11-31-24(32-12-17)16-8-20(27)23(21(28)9-16)30-10-14-6-18(25)22(29)19(26)7-14/h6-9,13,15,17,24H,2-5,10-12H2,1H3. The lowest BCUT2D eigenvalue weighted by Gasteiger charge is -2.37. The maximum atomic E-state index is 14.5. The molecule has 8 heteroatoms. The fourth-order valence-electron chi connectivity index (χ4n) is 4.44. The van der Waals surface area contributed by atoms with Gasteiger partial charge in [-0.15, -0.1) is 0 Å². The maximum Gasteiger partial charge on any atom is 0.194 e. The summed E-state index contributed by atoms with van der Waals surface area (Å²) in [5, 5.41) is 0. The van der Waals surface area contributed by atoms with Gasteiger partial charge >= 0.3 is 0 Å². The van der Waals surface area contributed by atoms with Crippen molar-refractivity contribution in [3.05, 3.63) is 64.5 Å². The second-order valence-electron chi connectivity index (χ2n) is 8.75. The van der Waals surface area contributed by atoms with Crippen LogP contribution >= 0.6 is 0 Å². The van der Waals surface area contributed by atoms with E-state index in [1.807, 2.05) is 0 Å². The molecule has 3 nitrogen and oxygen atoms in total. The van der Waals surface area contributed by atoms with Crippen molar-refractivity contribution in [1.82, 2.24) is 0 Å². The van der Waals surface area contributed by atoms with Gasteiger partial charge in [0.1, 0.15) is 6.61 Å². The summed E-state index contributed by atoms with van der Waals surface area (Å²) >= 11 is 0. The summed E-state index contributed by atoms with van der Waals surface area (Å²) in [6.07, 6.45) is 3.78. The van der Waals surface area contributed by atoms with Crippen LogP contribution in [0.25, 0.3) is 0 Å². The van der Waals surface area contributed by atoms with Crippen LogP contribution in [-0.2, 0) is 16.1 Å². The molecule has 0 spiro atoms. The van der Waals surface area contributed by atoms with Gasteiger partial charge in [0.2, 0.25) is 0 Å². The molecule has 0 unspecified atom stereocenters. The van der Waals surface area contributed by atoms with Crippen LogP contribution in [0.5, 0.6) is 5.75 Å². The highest BCUT2D eigenvalue weighted by Gasteiger charge is 2.32. The highest BCUT2D eigenvalue weighted by Crippen LogP contribution is 2.38. The van der Waals surface area contributed by atoms with Gasteiger partial charge in [-0.25, -0.2) is 22.0 Å².